The molecule has 1 amide bonds. The first kappa shape index (κ1) is 22.5. The average molecular weight is 492 g/mol. The second-order valence-corrected chi connectivity index (χ2v) is 8.97. The van der Waals surface area contributed by atoms with Gasteiger partial charge in [0.25, 0.3) is 5.91 Å². The summed E-state index contributed by atoms with van der Waals surface area (Å²) >= 11 is 12.3. The number of hydrogen-bond acceptors (Lipinski definition) is 4. The molecule has 5 rings (SSSR count). The quantitative estimate of drug-likeness (QED) is 0.341. The summed E-state index contributed by atoms with van der Waals surface area (Å²) in [5.41, 5.74) is 3.95. The van der Waals surface area contributed by atoms with E-state index in [0.717, 1.165) is 41.0 Å². The molecule has 2 heterocycles. The zero-order valence-corrected chi connectivity index (χ0v) is 20.2. The lowest BCUT2D eigenvalue weighted by atomic mass is 10.0. The van der Waals surface area contributed by atoms with Crippen molar-refractivity contribution < 1.29 is 9.53 Å². The largest absolute Gasteiger partial charge is 0.495 e. The van der Waals surface area contributed by atoms with Gasteiger partial charge in [-0.3, -0.25) is 4.79 Å². The molecule has 7 heteroatoms. The van der Waals surface area contributed by atoms with Gasteiger partial charge in [-0.05, 0) is 36.4 Å². The van der Waals surface area contributed by atoms with E-state index >= 15 is 0 Å². The number of methoxy groups -OCH3 is 1. The minimum atomic E-state index is -0.000382. The molecule has 1 aliphatic rings. The van der Waals surface area contributed by atoms with Crippen LogP contribution in [0.4, 0.5) is 5.69 Å². The molecule has 34 heavy (non-hydrogen) atoms. The van der Waals surface area contributed by atoms with E-state index in [0.29, 0.717) is 34.4 Å². The lowest BCUT2D eigenvalue weighted by Gasteiger charge is -2.36. The summed E-state index contributed by atoms with van der Waals surface area (Å²) in [5, 5.41) is 1.77. The normalized spacial score (nSPS) is 13.9. The number of nitrogens with zero attached hydrogens (tertiary/aromatic N) is 3. The summed E-state index contributed by atoms with van der Waals surface area (Å²) in [4.78, 5) is 22.6. The Morgan fingerprint density at radius 2 is 1.62 bits per heavy atom. The van der Waals surface area contributed by atoms with E-state index in [1.54, 1.807) is 19.2 Å². The second kappa shape index (κ2) is 9.53. The van der Waals surface area contributed by atoms with Crippen LogP contribution in [0.15, 0.2) is 72.8 Å². The Kier molecular flexibility index (Phi) is 6.31. The monoisotopic (exact) mass is 491 g/mol. The molecule has 5 nitrogen and oxygen atoms in total. The van der Waals surface area contributed by atoms with Crippen LogP contribution in [0, 0.1) is 0 Å². The maximum absolute atomic E-state index is 13.7. The highest BCUT2D eigenvalue weighted by Gasteiger charge is 2.25. The molecular formula is C27H23Cl2N3O2. The van der Waals surface area contributed by atoms with E-state index < -0.39 is 0 Å². The van der Waals surface area contributed by atoms with E-state index in [-0.39, 0.29) is 5.91 Å². The van der Waals surface area contributed by atoms with Gasteiger partial charge in [-0.15, -0.1) is 0 Å². The molecular weight excluding hydrogens is 469 g/mol. The predicted octanol–water partition coefficient (Wildman–Crippen LogP) is 6.18. The molecule has 0 aliphatic carbocycles. The Labute approximate surface area is 208 Å². The van der Waals surface area contributed by atoms with Crippen molar-refractivity contribution >= 4 is 45.7 Å². The minimum Gasteiger partial charge on any atom is -0.495 e. The van der Waals surface area contributed by atoms with Crippen molar-refractivity contribution in [1.82, 2.24) is 9.88 Å². The summed E-state index contributed by atoms with van der Waals surface area (Å²) in [5.74, 6) is 0.841. The summed E-state index contributed by atoms with van der Waals surface area (Å²) in [6, 6.07) is 22.9. The molecule has 0 radical (unpaired) electrons. The van der Waals surface area contributed by atoms with Crippen LogP contribution in [0.25, 0.3) is 22.2 Å². The highest BCUT2D eigenvalue weighted by Crippen LogP contribution is 2.32. The van der Waals surface area contributed by atoms with E-state index in [2.05, 4.69) is 11.0 Å². The van der Waals surface area contributed by atoms with Crippen LogP contribution < -0.4 is 9.64 Å². The molecule has 0 N–H and O–H groups in total. The number of anilines is 1. The lowest BCUT2D eigenvalue weighted by Crippen LogP contribution is -2.49. The van der Waals surface area contributed by atoms with Gasteiger partial charge in [-0.25, -0.2) is 4.98 Å². The van der Waals surface area contributed by atoms with E-state index in [9.17, 15) is 4.79 Å². The minimum absolute atomic E-state index is 0.000382. The van der Waals surface area contributed by atoms with Crippen LogP contribution >= 0.6 is 23.2 Å². The number of piperazine rings is 1. The molecule has 1 aliphatic heterocycles. The highest BCUT2D eigenvalue weighted by atomic mass is 35.5. The molecule has 0 unspecified atom stereocenters. The van der Waals surface area contributed by atoms with Gasteiger partial charge < -0.3 is 14.5 Å². The van der Waals surface area contributed by atoms with Crippen LogP contribution in [0.2, 0.25) is 10.0 Å². The zero-order chi connectivity index (χ0) is 23.7. The standard InChI is InChI=1S/C27H23Cl2N3O2/c1-34-26-9-5-4-8-25(26)31-12-14-32(15-13-31)27(33)20-17-24(18-10-11-21(28)22(29)16-18)30-23-7-3-2-6-19(20)23/h2-11,16-17H,12-15H2,1H3. The first-order valence-corrected chi connectivity index (χ1v) is 11.8. The number of hydrogen-bond donors (Lipinski definition) is 0. The fourth-order valence-electron chi connectivity index (χ4n) is 4.37. The number of ether oxygens (including phenoxy) is 1. The van der Waals surface area contributed by atoms with Crippen molar-refractivity contribution in [2.45, 2.75) is 0 Å². The van der Waals surface area contributed by atoms with Gasteiger partial charge in [0, 0.05) is 37.1 Å². The van der Waals surface area contributed by atoms with Crippen LogP contribution in [0.3, 0.4) is 0 Å². The number of benzene rings is 3. The molecule has 1 fully saturated rings. The van der Waals surface area contributed by atoms with Crippen molar-refractivity contribution in [3.8, 4) is 17.0 Å². The van der Waals surface area contributed by atoms with Gasteiger partial charge in [0.15, 0.2) is 0 Å². The summed E-state index contributed by atoms with van der Waals surface area (Å²) in [6.45, 7) is 2.70. The zero-order valence-electron chi connectivity index (χ0n) is 18.7. The molecule has 4 aromatic rings. The SMILES string of the molecule is COc1ccccc1N1CCN(C(=O)c2cc(-c3ccc(Cl)c(Cl)c3)nc3ccccc23)CC1. The summed E-state index contributed by atoms with van der Waals surface area (Å²) in [7, 11) is 1.68. The Hall–Kier alpha value is -3.28. The number of fused-ring (bicyclic) bond motifs is 1. The lowest BCUT2D eigenvalue weighted by molar-refractivity contribution is 0.0748. The average Bonchev–Trinajstić information content (AvgIpc) is 2.89. The van der Waals surface area contributed by atoms with Crippen molar-refractivity contribution in [3.05, 3.63) is 88.4 Å². The Morgan fingerprint density at radius 3 is 2.38 bits per heavy atom. The Morgan fingerprint density at radius 1 is 0.882 bits per heavy atom. The van der Waals surface area contributed by atoms with Gasteiger partial charge in [0.1, 0.15) is 5.75 Å². The van der Waals surface area contributed by atoms with Gasteiger partial charge in [0.2, 0.25) is 0 Å². The number of halogens is 2. The van der Waals surface area contributed by atoms with E-state index in [1.165, 1.54) is 0 Å². The molecule has 3 aromatic carbocycles. The van der Waals surface area contributed by atoms with Gasteiger partial charge in [-0.1, -0.05) is 59.6 Å². The fourth-order valence-corrected chi connectivity index (χ4v) is 4.67. The third-order valence-electron chi connectivity index (χ3n) is 6.15. The third kappa shape index (κ3) is 4.29. The highest BCUT2D eigenvalue weighted by molar-refractivity contribution is 6.42. The molecule has 172 valence electrons. The van der Waals surface area contributed by atoms with Gasteiger partial charge in [0.05, 0.1) is 39.6 Å². The Balaban J connectivity index is 1.45. The molecule has 1 saturated heterocycles. The van der Waals surface area contributed by atoms with Crippen molar-refractivity contribution in [2.75, 3.05) is 38.2 Å². The second-order valence-electron chi connectivity index (χ2n) is 8.15. The number of para-hydroxylation sites is 3. The summed E-state index contributed by atoms with van der Waals surface area (Å²) < 4.78 is 5.51. The van der Waals surface area contributed by atoms with Crippen LogP contribution in [-0.2, 0) is 0 Å². The van der Waals surface area contributed by atoms with E-state index in [4.69, 9.17) is 32.9 Å². The molecule has 0 atom stereocenters. The Bertz CT molecular complexity index is 1370. The first-order valence-electron chi connectivity index (χ1n) is 11.1. The smallest absolute Gasteiger partial charge is 0.254 e. The molecule has 0 spiro atoms. The van der Waals surface area contributed by atoms with Gasteiger partial charge in [-0.2, -0.15) is 0 Å². The maximum Gasteiger partial charge on any atom is 0.254 e. The fraction of sp³-hybridized carbons (Fsp3) is 0.185. The predicted molar refractivity (Wildman–Crippen MR) is 138 cm³/mol. The van der Waals surface area contributed by atoms with Crippen molar-refractivity contribution in [3.63, 3.8) is 0 Å². The number of pyridine rings is 1. The van der Waals surface area contributed by atoms with Crippen molar-refractivity contribution in [2.24, 2.45) is 0 Å². The van der Waals surface area contributed by atoms with Crippen LogP contribution in [-0.4, -0.2) is 49.1 Å². The van der Waals surface area contributed by atoms with E-state index in [1.807, 2.05) is 59.5 Å². The maximum atomic E-state index is 13.7. The third-order valence-corrected chi connectivity index (χ3v) is 6.89. The van der Waals surface area contributed by atoms with Crippen molar-refractivity contribution in [1.29, 1.82) is 0 Å². The molecule has 0 saturated carbocycles. The number of amides is 1. The van der Waals surface area contributed by atoms with Gasteiger partial charge >= 0.3 is 0 Å². The number of carbonyl (C=O) groups excluding carboxylic acids is 1. The van der Waals surface area contributed by atoms with Crippen LogP contribution in [0.1, 0.15) is 10.4 Å². The molecule has 0 bridgehead atoms. The first-order chi connectivity index (χ1) is 16.5. The summed E-state index contributed by atoms with van der Waals surface area (Å²) in [6.07, 6.45) is 0. The topological polar surface area (TPSA) is 45.7 Å². The number of rotatable bonds is 4. The van der Waals surface area contributed by atoms with Crippen LogP contribution in [0.5, 0.6) is 5.75 Å². The number of aromatic nitrogens is 1. The number of carbonyl (C=O) groups is 1. The molecule has 1 aromatic heterocycles.